The van der Waals surface area contributed by atoms with Gasteiger partial charge in [0.05, 0.1) is 12.6 Å². The Balaban J connectivity index is 0.000000469. The Morgan fingerprint density at radius 2 is 1.63 bits per heavy atom. The van der Waals surface area contributed by atoms with Gasteiger partial charge < -0.3 is 25.2 Å². The number of aromatic nitrogens is 1. The van der Waals surface area contributed by atoms with E-state index in [-0.39, 0.29) is 0 Å². The normalized spacial score (nSPS) is 11.5. The third kappa shape index (κ3) is 5.61. The van der Waals surface area contributed by atoms with Gasteiger partial charge in [-0.2, -0.15) is 0 Å². The van der Waals surface area contributed by atoms with Crippen molar-refractivity contribution in [2.45, 2.75) is 40.3 Å². The molecule has 2 aromatic carbocycles. The van der Waals surface area contributed by atoms with Crippen LogP contribution in [0.5, 0.6) is 0 Å². The summed E-state index contributed by atoms with van der Waals surface area (Å²) in [5, 5.41) is 30.0. The maximum absolute atomic E-state index is 10.5. The minimum Gasteiger partial charge on any atom is -0.473 e. The Hall–Kier alpha value is -3.32. The SMILES string of the molecule is Cc1ccc(C)c(NCC(O)Cn2c(C)c(C)c3ccccc32)c1.O=C(O)C(=O)O. The molecule has 0 aliphatic rings. The van der Waals surface area contributed by atoms with Crippen LogP contribution >= 0.6 is 0 Å². The highest BCUT2D eigenvalue weighted by molar-refractivity contribution is 6.27. The summed E-state index contributed by atoms with van der Waals surface area (Å²) in [6.07, 6.45) is -0.446. The van der Waals surface area contributed by atoms with Gasteiger partial charge in [-0.3, -0.25) is 0 Å². The van der Waals surface area contributed by atoms with Crippen LogP contribution in [0.1, 0.15) is 22.4 Å². The predicted molar refractivity (Wildman–Crippen MR) is 117 cm³/mol. The number of aryl methyl sites for hydroxylation is 3. The molecule has 0 fully saturated rings. The number of anilines is 1. The molecule has 0 bridgehead atoms. The second kappa shape index (κ2) is 9.93. The van der Waals surface area contributed by atoms with E-state index in [1.54, 1.807) is 0 Å². The first-order chi connectivity index (χ1) is 14.1. The van der Waals surface area contributed by atoms with Gasteiger partial charge in [0.15, 0.2) is 0 Å². The molecule has 30 heavy (non-hydrogen) atoms. The van der Waals surface area contributed by atoms with E-state index in [9.17, 15) is 5.11 Å². The Bertz CT molecular complexity index is 1040. The van der Waals surface area contributed by atoms with Crippen LogP contribution in [0, 0.1) is 27.7 Å². The number of benzene rings is 2. The molecular formula is C23H28N2O5. The number of carboxylic acid groups (broad SMARTS) is 2. The highest BCUT2D eigenvalue weighted by atomic mass is 16.4. The molecule has 7 heteroatoms. The summed E-state index contributed by atoms with van der Waals surface area (Å²) >= 11 is 0. The van der Waals surface area contributed by atoms with E-state index in [1.807, 2.05) is 0 Å². The molecule has 0 spiro atoms. The Morgan fingerprint density at radius 3 is 2.27 bits per heavy atom. The van der Waals surface area contributed by atoms with Crippen molar-refractivity contribution in [3.8, 4) is 0 Å². The number of aliphatic carboxylic acids is 2. The minimum atomic E-state index is -1.82. The second-order valence-corrected chi connectivity index (χ2v) is 7.30. The number of aliphatic hydroxyl groups excluding tert-OH is 1. The maximum Gasteiger partial charge on any atom is 0.414 e. The van der Waals surface area contributed by atoms with E-state index in [0.717, 1.165) is 5.69 Å². The van der Waals surface area contributed by atoms with Crippen molar-refractivity contribution in [2.24, 2.45) is 0 Å². The molecule has 0 saturated heterocycles. The van der Waals surface area contributed by atoms with Crippen molar-refractivity contribution < 1.29 is 24.9 Å². The highest BCUT2D eigenvalue weighted by Gasteiger charge is 2.14. The van der Waals surface area contributed by atoms with Crippen molar-refractivity contribution in [3.05, 3.63) is 64.8 Å². The largest absolute Gasteiger partial charge is 0.473 e. The topological polar surface area (TPSA) is 112 Å². The van der Waals surface area contributed by atoms with Crippen molar-refractivity contribution in [3.63, 3.8) is 0 Å². The zero-order valence-corrected chi connectivity index (χ0v) is 17.6. The molecule has 0 aliphatic heterocycles. The quantitative estimate of drug-likeness (QED) is 0.477. The lowest BCUT2D eigenvalue weighted by Crippen LogP contribution is -2.25. The van der Waals surface area contributed by atoms with Gasteiger partial charge in [-0.1, -0.05) is 30.3 Å². The molecule has 7 nitrogen and oxygen atoms in total. The molecule has 1 heterocycles. The van der Waals surface area contributed by atoms with Gasteiger partial charge in [0.1, 0.15) is 0 Å². The lowest BCUT2D eigenvalue weighted by Gasteiger charge is -2.17. The number of fused-ring (bicyclic) bond motifs is 1. The van der Waals surface area contributed by atoms with Crippen molar-refractivity contribution in [1.82, 2.24) is 4.57 Å². The van der Waals surface area contributed by atoms with Gasteiger partial charge in [0.25, 0.3) is 0 Å². The van der Waals surface area contributed by atoms with Gasteiger partial charge >= 0.3 is 11.9 Å². The fourth-order valence-electron chi connectivity index (χ4n) is 3.27. The summed E-state index contributed by atoms with van der Waals surface area (Å²) in [5.41, 5.74) is 7.23. The monoisotopic (exact) mass is 412 g/mol. The number of aliphatic hydroxyl groups is 1. The number of hydrogen-bond donors (Lipinski definition) is 4. The molecule has 0 amide bonds. The first-order valence-corrected chi connectivity index (χ1v) is 9.61. The molecule has 4 N–H and O–H groups in total. The lowest BCUT2D eigenvalue weighted by molar-refractivity contribution is -0.159. The molecule has 3 aromatic rings. The summed E-state index contributed by atoms with van der Waals surface area (Å²) in [6, 6.07) is 14.7. The first-order valence-electron chi connectivity index (χ1n) is 9.61. The fraction of sp³-hybridized carbons (Fsp3) is 0.304. The maximum atomic E-state index is 10.5. The number of nitrogens with one attached hydrogen (secondary N) is 1. The van der Waals surface area contributed by atoms with Crippen LogP contribution in [0.2, 0.25) is 0 Å². The van der Waals surface area contributed by atoms with E-state index in [0.29, 0.717) is 13.1 Å². The van der Waals surface area contributed by atoms with Crippen LogP contribution in [-0.2, 0) is 16.1 Å². The van der Waals surface area contributed by atoms with Crippen LogP contribution < -0.4 is 5.32 Å². The van der Waals surface area contributed by atoms with Crippen LogP contribution in [0.25, 0.3) is 10.9 Å². The second-order valence-electron chi connectivity index (χ2n) is 7.30. The average molecular weight is 412 g/mol. The van der Waals surface area contributed by atoms with Gasteiger partial charge in [-0.05, 0) is 56.5 Å². The highest BCUT2D eigenvalue weighted by Crippen LogP contribution is 2.25. The molecule has 1 unspecified atom stereocenters. The third-order valence-corrected chi connectivity index (χ3v) is 5.04. The fourth-order valence-corrected chi connectivity index (χ4v) is 3.27. The number of carboxylic acids is 2. The predicted octanol–water partition coefficient (Wildman–Crippen LogP) is 3.50. The van der Waals surface area contributed by atoms with Crippen LogP contribution in [0.15, 0.2) is 42.5 Å². The van der Waals surface area contributed by atoms with Gasteiger partial charge in [0.2, 0.25) is 0 Å². The van der Waals surface area contributed by atoms with E-state index >= 15 is 0 Å². The Morgan fingerprint density at radius 1 is 1.00 bits per heavy atom. The smallest absolute Gasteiger partial charge is 0.414 e. The minimum absolute atomic E-state index is 0.446. The zero-order chi connectivity index (χ0) is 22.4. The number of rotatable bonds is 5. The average Bonchev–Trinajstić information content (AvgIpc) is 2.94. The summed E-state index contributed by atoms with van der Waals surface area (Å²) in [6.45, 7) is 9.57. The van der Waals surface area contributed by atoms with Gasteiger partial charge in [0, 0.05) is 28.8 Å². The molecule has 0 saturated carbocycles. The Labute approximate surface area is 175 Å². The Kier molecular flexibility index (Phi) is 7.60. The van der Waals surface area contributed by atoms with E-state index in [2.05, 4.69) is 80.0 Å². The van der Waals surface area contributed by atoms with Crippen molar-refractivity contribution in [2.75, 3.05) is 11.9 Å². The summed E-state index contributed by atoms with van der Waals surface area (Å²) in [5.74, 6) is -3.65. The van der Waals surface area contributed by atoms with Crippen LogP contribution in [0.3, 0.4) is 0 Å². The van der Waals surface area contributed by atoms with Crippen LogP contribution in [-0.4, -0.2) is 44.5 Å². The molecule has 1 atom stereocenters. The summed E-state index contributed by atoms with van der Waals surface area (Å²) < 4.78 is 2.22. The standard InChI is InChI=1S/C21H26N2O.C2H2O4/c1-14-9-10-15(2)20(11-14)22-12-18(24)13-23-17(4)16(3)19-7-5-6-8-21(19)23;3-1(4)2(5)6/h5-11,18,22,24H,12-13H2,1-4H3;(H,3,4)(H,5,6). The summed E-state index contributed by atoms with van der Waals surface area (Å²) in [7, 11) is 0. The molecule has 160 valence electrons. The van der Waals surface area contributed by atoms with Crippen molar-refractivity contribution >= 4 is 28.5 Å². The molecular weight excluding hydrogens is 384 g/mol. The lowest BCUT2D eigenvalue weighted by atomic mass is 10.1. The van der Waals surface area contributed by atoms with Crippen LogP contribution in [0.4, 0.5) is 5.69 Å². The number of para-hydroxylation sites is 1. The summed E-state index contributed by atoms with van der Waals surface area (Å²) in [4.78, 5) is 18.2. The number of nitrogens with zero attached hydrogens (tertiary/aromatic N) is 1. The van der Waals surface area contributed by atoms with Crippen molar-refractivity contribution in [1.29, 1.82) is 0 Å². The van der Waals surface area contributed by atoms with Gasteiger partial charge in [-0.25, -0.2) is 9.59 Å². The number of hydrogen-bond acceptors (Lipinski definition) is 4. The van der Waals surface area contributed by atoms with Gasteiger partial charge in [-0.15, -0.1) is 0 Å². The third-order valence-electron chi connectivity index (χ3n) is 5.04. The first kappa shape index (κ1) is 23.0. The molecule has 0 radical (unpaired) electrons. The van der Waals surface area contributed by atoms with E-state index in [1.165, 1.54) is 33.3 Å². The van der Waals surface area contributed by atoms with E-state index in [4.69, 9.17) is 19.8 Å². The molecule has 1 aromatic heterocycles. The van der Waals surface area contributed by atoms with E-state index < -0.39 is 18.0 Å². The molecule has 3 rings (SSSR count). The number of carbonyl (C=O) groups is 2. The zero-order valence-electron chi connectivity index (χ0n) is 17.6. The molecule has 0 aliphatic carbocycles.